The zero-order valence-corrected chi connectivity index (χ0v) is 10.5. The standard InChI is InChI=1S/C14H19FN2O/c15-12-7-11(9-18)14(16-8-12)17-6-2-4-10-3-1-5-13(10)17/h7-8,10,13,18H,1-6,9H2. The number of nitrogens with zero attached hydrogens (tertiary/aromatic N) is 2. The molecule has 0 amide bonds. The van der Waals surface area contributed by atoms with Crippen molar-refractivity contribution in [2.75, 3.05) is 11.4 Å². The summed E-state index contributed by atoms with van der Waals surface area (Å²) in [5.74, 6) is 1.18. The molecule has 1 saturated heterocycles. The largest absolute Gasteiger partial charge is 0.392 e. The van der Waals surface area contributed by atoms with Gasteiger partial charge in [-0.25, -0.2) is 9.37 Å². The molecule has 1 aliphatic heterocycles. The minimum Gasteiger partial charge on any atom is -0.392 e. The maximum absolute atomic E-state index is 13.2. The highest BCUT2D eigenvalue weighted by Gasteiger charge is 2.36. The van der Waals surface area contributed by atoms with E-state index in [1.165, 1.54) is 44.4 Å². The number of piperidine rings is 1. The number of aliphatic hydroxyl groups is 1. The second kappa shape index (κ2) is 4.84. The maximum atomic E-state index is 13.2. The molecule has 18 heavy (non-hydrogen) atoms. The van der Waals surface area contributed by atoms with Gasteiger partial charge in [-0.15, -0.1) is 0 Å². The molecule has 1 aromatic rings. The monoisotopic (exact) mass is 250 g/mol. The molecule has 2 atom stereocenters. The lowest BCUT2D eigenvalue weighted by atomic mass is 9.91. The van der Waals surface area contributed by atoms with E-state index in [2.05, 4.69) is 9.88 Å². The van der Waals surface area contributed by atoms with Gasteiger partial charge in [-0.3, -0.25) is 0 Å². The number of hydrogen-bond acceptors (Lipinski definition) is 3. The molecule has 0 spiro atoms. The molecule has 0 radical (unpaired) electrons. The number of rotatable bonds is 2. The molecule has 2 heterocycles. The van der Waals surface area contributed by atoms with Crippen LogP contribution in [0.5, 0.6) is 0 Å². The Balaban J connectivity index is 1.93. The molecular weight excluding hydrogens is 231 g/mol. The summed E-state index contributed by atoms with van der Waals surface area (Å²) >= 11 is 0. The van der Waals surface area contributed by atoms with Crippen LogP contribution in [0.25, 0.3) is 0 Å². The lowest BCUT2D eigenvalue weighted by Crippen LogP contribution is -2.43. The lowest BCUT2D eigenvalue weighted by molar-refractivity contribution is 0.279. The van der Waals surface area contributed by atoms with Crippen LogP contribution in [0.1, 0.15) is 37.7 Å². The molecule has 1 aliphatic carbocycles. The number of pyridine rings is 1. The van der Waals surface area contributed by atoms with Gasteiger partial charge in [-0.2, -0.15) is 0 Å². The van der Waals surface area contributed by atoms with Crippen molar-refractivity contribution < 1.29 is 9.50 Å². The highest BCUT2D eigenvalue weighted by molar-refractivity contribution is 5.48. The predicted octanol–water partition coefficient (Wildman–Crippen LogP) is 2.48. The molecule has 98 valence electrons. The van der Waals surface area contributed by atoms with E-state index in [9.17, 15) is 9.50 Å². The van der Waals surface area contributed by atoms with Crippen LogP contribution in [-0.4, -0.2) is 22.7 Å². The summed E-state index contributed by atoms with van der Waals surface area (Å²) in [5, 5.41) is 9.38. The highest BCUT2D eigenvalue weighted by Crippen LogP contribution is 2.39. The molecule has 2 aliphatic rings. The fourth-order valence-electron chi connectivity index (χ4n) is 3.57. The van der Waals surface area contributed by atoms with Gasteiger partial charge in [-0.1, -0.05) is 6.42 Å². The van der Waals surface area contributed by atoms with E-state index in [1.54, 1.807) is 0 Å². The molecule has 3 rings (SSSR count). The van der Waals surface area contributed by atoms with Crippen molar-refractivity contribution in [2.24, 2.45) is 5.92 Å². The minimum atomic E-state index is -0.372. The van der Waals surface area contributed by atoms with Crippen LogP contribution in [0.2, 0.25) is 0 Å². The summed E-state index contributed by atoms with van der Waals surface area (Å²) in [6, 6.07) is 1.95. The molecule has 0 aromatic carbocycles. The lowest BCUT2D eigenvalue weighted by Gasteiger charge is -2.39. The van der Waals surface area contributed by atoms with Crippen LogP contribution in [0.4, 0.5) is 10.2 Å². The highest BCUT2D eigenvalue weighted by atomic mass is 19.1. The van der Waals surface area contributed by atoms with E-state index in [1.807, 2.05) is 0 Å². The van der Waals surface area contributed by atoms with Gasteiger partial charge in [0.05, 0.1) is 12.8 Å². The molecular formula is C14H19FN2O. The van der Waals surface area contributed by atoms with Gasteiger partial charge in [0.25, 0.3) is 0 Å². The fourth-order valence-corrected chi connectivity index (χ4v) is 3.57. The number of hydrogen-bond donors (Lipinski definition) is 1. The predicted molar refractivity (Wildman–Crippen MR) is 67.8 cm³/mol. The van der Waals surface area contributed by atoms with Gasteiger partial charge in [0.15, 0.2) is 0 Å². The van der Waals surface area contributed by atoms with Gasteiger partial charge >= 0.3 is 0 Å². The van der Waals surface area contributed by atoms with Gasteiger partial charge in [0.1, 0.15) is 11.6 Å². The van der Waals surface area contributed by atoms with Gasteiger partial charge in [0.2, 0.25) is 0 Å². The topological polar surface area (TPSA) is 36.4 Å². The first-order chi connectivity index (χ1) is 8.79. The van der Waals surface area contributed by atoms with Gasteiger partial charge in [0, 0.05) is 18.2 Å². The fraction of sp³-hybridized carbons (Fsp3) is 0.643. The first-order valence-electron chi connectivity index (χ1n) is 6.81. The third kappa shape index (κ3) is 1.99. The zero-order chi connectivity index (χ0) is 12.5. The SMILES string of the molecule is OCc1cc(F)cnc1N1CCCC2CCCC21. The maximum Gasteiger partial charge on any atom is 0.142 e. The summed E-state index contributed by atoms with van der Waals surface area (Å²) in [4.78, 5) is 6.52. The summed E-state index contributed by atoms with van der Waals surface area (Å²) < 4.78 is 13.2. The van der Waals surface area contributed by atoms with Crippen LogP contribution < -0.4 is 4.90 Å². The van der Waals surface area contributed by atoms with Crippen molar-refractivity contribution in [1.29, 1.82) is 0 Å². The quantitative estimate of drug-likeness (QED) is 0.876. The van der Waals surface area contributed by atoms with Crippen molar-refractivity contribution in [2.45, 2.75) is 44.8 Å². The number of anilines is 1. The van der Waals surface area contributed by atoms with E-state index in [0.29, 0.717) is 11.6 Å². The number of halogens is 1. The Morgan fingerprint density at radius 2 is 2.17 bits per heavy atom. The van der Waals surface area contributed by atoms with E-state index in [0.717, 1.165) is 18.3 Å². The first kappa shape index (κ1) is 11.9. The summed E-state index contributed by atoms with van der Waals surface area (Å²) in [6.45, 7) is 0.834. The van der Waals surface area contributed by atoms with E-state index in [-0.39, 0.29) is 12.4 Å². The van der Waals surface area contributed by atoms with Crippen molar-refractivity contribution in [3.63, 3.8) is 0 Å². The zero-order valence-electron chi connectivity index (χ0n) is 10.5. The molecule has 1 saturated carbocycles. The second-order valence-corrected chi connectivity index (χ2v) is 5.39. The van der Waals surface area contributed by atoms with E-state index in [4.69, 9.17) is 0 Å². The summed E-state index contributed by atoms with van der Waals surface area (Å²) in [5.41, 5.74) is 0.613. The molecule has 3 nitrogen and oxygen atoms in total. The number of aliphatic hydroxyl groups excluding tert-OH is 1. The van der Waals surface area contributed by atoms with E-state index < -0.39 is 0 Å². The third-order valence-electron chi connectivity index (χ3n) is 4.35. The van der Waals surface area contributed by atoms with Crippen LogP contribution in [0.3, 0.4) is 0 Å². The van der Waals surface area contributed by atoms with Crippen LogP contribution in [-0.2, 0) is 6.61 Å². The van der Waals surface area contributed by atoms with Crippen LogP contribution in [0.15, 0.2) is 12.3 Å². The van der Waals surface area contributed by atoms with Gasteiger partial charge < -0.3 is 10.0 Å². The Morgan fingerprint density at radius 1 is 1.33 bits per heavy atom. The molecule has 1 aromatic heterocycles. The van der Waals surface area contributed by atoms with Crippen molar-refractivity contribution in [1.82, 2.24) is 4.98 Å². The smallest absolute Gasteiger partial charge is 0.142 e. The number of aromatic nitrogens is 1. The van der Waals surface area contributed by atoms with Crippen molar-refractivity contribution in [3.8, 4) is 0 Å². The normalized spacial score (nSPS) is 27.3. The van der Waals surface area contributed by atoms with E-state index >= 15 is 0 Å². The Labute approximate surface area is 107 Å². The first-order valence-corrected chi connectivity index (χ1v) is 6.81. The van der Waals surface area contributed by atoms with Gasteiger partial charge in [-0.05, 0) is 37.7 Å². The molecule has 4 heteroatoms. The van der Waals surface area contributed by atoms with Crippen molar-refractivity contribution in [3.05, 3.63) is 23.6 Å². The average molecular weight is 250 g/mol. The molecule has 2 fully saturated rings. The molecule has 1 N–H and O–H groups in total. The summed E-state index contributed by atoms with van der Waals surface area (Å²) in [7, 11) is 0. The minimum absolute atomic E-state index is 0.145. The summed E-state index contributed by atoms with van der Waals surface area (Å²) in [6.07, 6.45) is 7.52. The molecule has 2 unspecified atom stereocenters. The van der Waals surface area contributed by atoms with Crippen molar-refractivity contribution >= 4 is 5.82 Å². The van der Waals surface area contributed by atoms with Crippen LogP contribution in [0, 0.1) is 11.7 Å². The number of fused-ring (bicyclic) bond motifs is 1. The Bertz CT molecular complexity index is 438. The second-order valence-electron chi connectivity index (χ2n) is 5.39. The molecule has 0 bridgehead atoms. The Morgan fingerprint density at radius 3 is 3.00 bits per heavy atom. The average Bonchev–Trinajstić information content (AvgIpc) is 2.86. The van der Waals surface area contributed by atoms with Crippen LogP contribution >= 0.6 is 0 Å². The Kier molecular flexibility index (Phi) is 3.20. The third-order valence-corrected chi connectivity index (χ3v) is 4.35. The Hall–Kier alpha value is -1.16.